The van der Waals surface area contributed by atoms with Gasteiger partial charge in [-0.2, -0.15) is 0 Å². The molecule has 0 radical (unpaired) electrons. The van der Waals surface area contributed by atoms with Crippen molar-refractivity contribution in [1.29, 1.82) is 0 Å². The summed E-state index contributed by atoms with van der Waals surface area (Å²) in [5.74, 6) is 1.16. The van der Waals surface area contributed by atoms with Crippen molar-refractivity contribution in [2.75, 3.05) is 63.8 Å². The fourth-order valence-electron chi connectivity index (χ4n) is 4.23. The van der Waals surface area contributed by atoms with Crippen molar-refractivity contribution < 1.29 is 19.1 Å². The van der Waals surface area contributed by atoms with Crippen LogP contribution in [0.5, 0.6) is 0 Å². The molecule has 0 aliphatic carbocycles. The van der Waals surface area contributed by atoms with E-state index in [4.69, 9.17) is 4.52 Å². The number of aromatic nitrogens is 1. The number of hydrogen-bond acceptors (Lipinski definition) is 4. The third kappa shape index (κ3) is 4.72. The van der Waals surface area contributed by atoms with Crippen LogP contribution < -0.4 is 14.7 Å². The minimum atomic E-state index is 0.305. The Hall–Kier alpha value is -2.38. The molecule has 0 saturated carbocycles. The van der Waals surface area contributed by atoms with Crippen LogP contribution in [-0.4, -0.2) is 74.9 Å². The van der Waals surface area contributed by atoms with Gasteiger partial charge in [0.15, 0.2) is 6.54 Å². The Balaban J connectivity index is 1.19. The molecule has 2 aromatic rings. The van der Waals surface area contributed by atoms with Crippen molar-refractivity contribution in [2.45, 2.75) is 13.5 Å². The molecule has 3 heterocycles. The Morgan fingerprint density at radius 1 is 1.04 bits per heavy atom. The number of hydrogen-bond donors (Lipinski definition) is 2. The summed E-state index contributed by atoms with van der Waals surface area (Å²) in [7, 11) is 0. The van der Waals surface area contributed by atoms with Crippen LogP contribution in [0.3, 0.4) is 0 Å². The van der Waals surface area contributed by atoms with E-state index < -0.39 is 0 Å². The zero-order valence-electron chi connectivity index (χ0n) is 16.7. The van der Waals surface area contributed by atoms with E-state index in [1.807, 2.05) is 17.9 Å². The van der Waals surface area contributed by atoms with Crippen molar-refractivity contribution in [1.82, 2.24) is 10.1 Å². The van der Waals surface area contributed by atoms with Crippen LogP contribution >= 0.6 is 0 Å². The number of benzene rings is 1. The lowest BCUT2D eigenvalue weighted by atomic mass is 10.2. The van der Waals surface area contributed by atoms with Gasteiger partial charge in [-0.15, -0.1) is 0 Å². The van der Waals surface area contributed by atoms with Crippen LogP contribution in [0.2, 0.25) is 0 Å². The third-order valence-corrected chi connectivity index (χ3v) is 5.92. The minimum Gasteiger partial charge on any atom is -0.361 e. The van der Waals surface area contributed by atoms with Gasteiger partial charge >= 0.3 is 0 Å². The minimum absolute atomic E-state index is 0.305. The van der Waals surface area contributed by atoms with Gasteiger partial charge in [0.05, 0.1) is 52.4 Å². The summed E-state index contributed by atoms with van der Waals surface area (Å²) in [6.45, 7) is 11.2. The number of rotatable bonds is 5. The highest BCUT2D eigenvalue weighted by Crippen LogP contribution is 2.12. The SMILES string of the molecule is Cc1cc(C[NH+]2CCN(C(=O)C[NH+]3CCN(c4ccccc4)CC3)CC2)no1. The van der Waals surface area contributed by atoms with Crippen molar-refractivity contribution >= 4 is 11.6 Å². The fourth-order valence-corrected chi connectivity index (χ4v) is 4.23. The van der Waals surface area contributed by atoms with E-state index in [9.17, 15) is 4.79 Å². The lowest BCUT2D eigenvalue weighted by molar-refractivity contribution is -0.918. The number of nitrogens with zero attached hydrogens (tertiary/aromatic N) is 3. The Kier molecular flexibility index (Phi) is 5.92. The first-order valence-electron chi connectivity index (χ1n) is 10.3. The molecule has 0 bridgehead atoms. The molecule has 2 fully saturated rings. The fraction of sp³-hybridized carbons (Fsp3) is 0.524. The Labute approximate surface area is 166 Å². The largest absolute Gasteiger partial charge is 0.361 e. The number of carbonyl (C=O) groups is 1. The van der Waals surface area contributed by atoms with Crippen LogP contribution in [0, 0.1) is 6.92 Å². The second kappa shape index (κ2) is 8.75. The van der Waals surface area contributed by atoms with Gasteiger partial charge in [-0.1, -0.05) is 23.4 Å². The summed E-state index contributed by atoms with van der Waals surface area (Å²) < 4.78 is 5.15. The van der Waals surface area contributed by atoms with Crippen LogP contribution in [0.1, 0.15) is 11.5 Å². The summed E-state index contributed by atoms with van der Waals surface area (Å²) in [4.78, 5) is 20.1. The molecule has 0 spiro atoms. The number of anilines is 1. The number of amides is 1. The van der Waals surface area contributed by atoms with Gasteiger partial charge in [0.2, 0.25) is 0 Å². The van der Waals surface area contributed by atoms with Gasteiger partial charge < -0.3 is 24.1 Å². The lowest BCUT2D eigenvalue weighted by Crippen LogP contribution is -3.16. The molecule has 1 aromatic heterocycles. The normalized spacial score (nSPS) is 19.2. The van der Waals surface area contributed by atoms with Gasteiger partial charge in [0.25, 0.3) is 5.91 Å². The summed E-state index contributed by atoms with van der Waals surface area (Å²) in [5, 5.41) is 4.09. The number of para-hydroxylation sites is 1. The molecule has 7 heteroatoms. The molecule has 28 heavy (non-hydrogen) atoms. The van der Waals surface area contributed by atoms with Gasteiger partial charge in [-0.3, -0.25) is 4.79 Å². The highest BCUT2D eigenvalue weighted by molar-refractivity contribution is 5.77. The van der Waals surface area contributed by atoms with Crippen LogP contribution in [0.25, 0.3) is 0 Å². The van der Waals surface area contributed by atoms with Crippen molar-refractivity contribution in [3.8, 4) is 0 Å². The zero-order valence-corrected chi connectivity index (χ0v) is 16.7. The van der Waals surface area contributed by atoms with Gasteiger partial charge in [0.1, 0.15) is 18.0 Å². The highest BCUT2D eigenvalue weighted by Gasteiger charge is 2.28. The monoisotopic (exact) mass is 385 g/mol. The van der Waals surface area contributed by atoms with Crippen LogP contribution in [0.15, 0.2) is 40.9 Å². The van der Waals surface area contributed by atoms with E-state index in [2.05, 4.69) is 40.4 Å². The smallest absolute Gasteiger partial charge is 0.278 e. The summed E-state index contributed by atoms with van der Waals surface area (Å²) in [6, 6.07) is 12.6. The van der Waals surface area contributed by atoms with E-state index in [0.717, 1.165) is 70.4 Å². The first-order chi connectivity index (χ1) is 13.7. The van der Waals surface area contributed by atoms with E-state index >= 15 is 0 Å². The predicted molar refractivity (Wildman–Crippen MR) is 106 cm³/mol. The van der Waals surface area contributed by atoms with Crippen molar-refractivity contribution in [3.63, 3.8) is 0 Å². The maximum absolute atomic E-state index is 12.7. The molecule has 2 aliphatic heterocycles. The lowest BCUT2D eigenvalue weighted by Gasteiger charge is -2.35. The Morgan fingerprint density at radius 2 is 1.71 bits per heavy atom. The van der Waals surface area contributed by atoms with Crippen LogP contribution in [-0.2, 0) is 11.3 Å². The number of quaternary nitrogens is 2. The Bertz CT molecular complexity index is 762. The van der Waals surface area contributed by atoms with Gasteiger partial charge in [-0.05, 0) is 19.1 Å². The van der Waals surface area contributed by atoms with E-state index in [1.54, 1.807) is 0 Å². The molecule has 150 valence electrons. The molecule has 0 unspecified atom stereocenters. The molecular formula is C21H31N5O2+2. The van der Waals surface area contributed by atoms with Crippen LogP contribution in [0.4, 0.5) is 5.69 Å². The Morgan fingerprint density at radius 3 is 2.36 bits per heavy atom. The standard InChI is InChI=1S/C21H29N5O2/c1-18-15-19(22-28-18)16-23-9-13-26(14-10-23)21(27)17-24-7-11-25(12-8-24)20-5-3-2-4-6-20/h2-6,15H,7-14,16-17H2,1H3/p+2. The molecule has 2 saturated heterocycles. The molecule has 2 N–H and O–H groups in total. The maximum Gasteiger partial charge on any atom is 0.278 e. The molecule has 2 aliphatic rings. The molecular weight excluding hydrogens is 354 g/mol. The number of piperazine rings is 2. The summed E-state index contributed by atoms with van der Waals surface area (Å²) in [5.41, 5.74) is 2.29. The second-order valence-corrected chi connectivity index (χ2v) is 7.99. The summed E-state index contributed by atoms with van der Waals surface area (Å²) in [6.07, 6.45) is 0. The third-order valence-electron chi connectivity index (χ3n) is 5.92. The number of nitrogens with one attached hydrogen (secondary N) is 2. The average Bonchev–Trinajstić information content (AvgIpc) is 3.14. The van der Waals surface area contributed by atoms with Gasteiger partial charge in [-0.25, -0.2) is 0 Å². The number of carbonyl (C=O) groups excluding carboxylic acids is 1. The molecule has 1 aromatic carbocycles. The molecule has 7 nitrogen and oxygen atoms in total. The topological polar surface area (TPSA) is 58.5 Å². The first kappa shape index (κ1) is 19.0. The highest BCUT2D eigenvalue weighted by atomic mass is 16.5. The van der Waals surface area contributed by atoms with E-state index in [0.29, 0.717) is 12.5 Å². The average molecular weight is 386 g/mol. The maximum atomic E-state index is 12.7. The molecule has 4 rings (SSSR count). The number of aryl methyl sites for hydroxylation is 1. The molecule has 1 amide bonds. The van der Waals surface area contributed by atoms with E-state index in [1.165, 1.54) is 15.5 Å². The predicted octanol–water partition coefficient (Wildman–Crippen LogP) is -1.38. The van der Waals surface area contributed by atoms with Gasteiger partial charge in [0, 0.05) is 11.8 Å². The van der Waals surface area contributed by atoms with Crippen molar-refractivity contribution in [3.05, 3.63) is 47.9 Å². The van der Waals surface area contributed by atoms with Crippen molar-refractivity contribution in [2.24, 2.45) is 0 Å². The summed E-state index contributed by atoms with van der Waals surface area (Å²) >= 11 is 0. The quantitative estimate of drug-likeness (QED) is 0.666. The second-order valence-electron chi connectivity index (χ2n) is 7.99. The van der Waals surface area contributed by atoms with E-state index in [-0.39, 0.29) is 0 Å². The zero-order chi connectivity index (χ0) is 19.3. The first-order valence-corrected chi connectivity index (χ1v) is 10.3. The molecule has 0 atom stereocenters.